The van der Waals surface area contributed by atoms with Crippen molar-refractivity contribution in [2.24, 2.45) is 5.92 Å². The first kappa shape index (κ1) is 28.4. The third-order valence-corrected chi connectivity index (χ3v) is 7.92. The number of carbonyl (C=O) groups is 1. The zero-order chi connectivity index (χ0) is 28.2. The molecular weight excluding hydrogens is 557 g/mol. The highest BCUT2D eigenvalue weighted by Crippen LogP contribution is 2.45. The molecule has 2 N–H and O–H groups in total. The van der Waals surface area contributed by atoms with E-state index in [1.165, 1.54) is 20.3 Å². The van der Waals surface area contributed by atoms with Crippen molar-refractivity contribution in [2.45, 2.75) is 31.3 Å². The summed E-state index contributed by atoms with van der Waals surface area (Å²) in [6.45, 7) is 5.92. The first-order valence-electron chi connectivity index (χ1n) is 13.0. The minimum Gasteiger partial charge on any atom is -0.495 e. The lowest BCUT2D eigenvalue weighted by molar-refractivity contribution is -0.116. The number of benzene rings is 1. The maximum atomic E-state index is 12.1. The van der Waals surface area contributed by atoms with E-state index in [1.807, 2.05) is 6.07 Å². The van der Waals surface area contributed by atoms with Crippen LogP contribution in [0, 0.1) is 5.92 Å². The molecule has 0 bridgehead atoms. The fraction of sp³-hybridized carbons (Fsp3) is 0.429. The van der Waals surface area contributed by atoms with Crippen molar-refractivity contribution in [3.05, 3.63) is 41.0 Å². The fourth-order valence-corrected chi connectivity index (χ4v) is 5.64. The topological polar surface area (TPSA) is 117 Å². The van der Waals surface area contributed by atoms with Crippen LogP contribution in [-0.2, 0) is 14.3 Å². The summed E-state index contributed by atoms with van der Waals surface area (Å²) in [5, 5.41) is 8.26. The van der Waals surface area contributed by atoms with Gasteiger partial charge in [0.15, 0.2) is 11.6 Å². The van der Waals surface area contributed by atoms with Crippen LogP contribution in [0.2, 0.25) is 10.0 Å². The monoisotopic (exact) mass is 587 g/mol. The molecule has 2 saturated heterocycles. The lowest BCUT2D eigenvalue weighted by Gasteiger charge is -2.32. The Hall–Kier alpha value is -3.18. The third kappa shape index (κ3) is 5.95. The number of ether oxygens (including phenoxy) is 4. The minimum absolute atomic E-state index is 0.0165. The standard InChI is InChI=1S/C28H31Cl2N5O5/c1-4-17(36)9-15-5-7-40-14-20(15)33-23-10-18-19(12-31-23)34-28(35-27(18)32-16-6-8-39-13-16)24-25(29)21(37-2)11-22(38-3)26(24)30/h4,10-12,15-16,20H,1,5-9,13-14H2,2-3H3,(H,31,33)(H,32,34,35)/t15-,16?,20-/m1/s1. The van der Waals surface area contributed by atoms with Crippen LogP contribution in [0.15, 0.2) is 31.0 Å². The van der Waals surface area contributed by atoms with E-state index >= 15 is 0 Å². The van der Waals surface area contributed by atoms with E-state index in [0.717, 1.165) is 18.2 Å². The zero-order valence-corrected chi connectivity index (χ0v) is 23.8. The van der Waals surface area contributed by atoms with Crippen molar-refractivity contribution in [2.75, 3.05) is 51.3 Å². The number of rotatable bonds is 10. The van der Waals surface area contributed by atoms with Gasteiger partial charge < -0.3 is 29.6 Å². The molecule has 0 radical (unpaired) electrons. The molecule has 0 amide bonds. The first-order chi connectivity index (χ1) is 19.4. The average molecular weight is 588 g/mol. The summed E-state index contributed by atoms with van der Waals surface area (Å²) in [5.74, 6) is 2.41. The molecule has 2 aromatic heterocycles. The molecule has 212 valence electrons. The van der Waals surface area contributed by atoms with Crippen LogP contribution >= 0.6 is 23.2 Å². The number of anilines is 2. The molecule has 40 heavy (non-hydrogen) atoms. The van der Waals surface area contributed by atoms with Crippen LogP contribution in [0.1, 0.15) is 19.3 Å². The Labute approximate surface area is 242 Å². The van der Waals surface area contributed by atoms with Crippen LogP contribution in [-0.4, -0.2) is 73.5 Å². The Bertz CT molecular complexity index is 1390. The van der Waals surface area contributed by atoms with Gasteiger partial charge in [-0.15, -0.1) is 0 Å². The Morgan fingerprint density at radius 3 is 2.48 bits per heavy atom. The predicted molar refractivity (Wildman–Crippen MR) is 155 cm³/mol. The van der Waals surface area contributed by atoms with E-state index in [2.05, 4.69) is 22.2 Å². The van der Waals surface area contributed by atoms with E-state index in [0.29, 0.717) is 72.9 Å². The Morgan fingerprint density at radius 2 is 1.80 bits per heavy atom. The molecule has 3 atom stereocenters. The van der Waals surface area contributed by atoms with E-state index in [1.54, 1.807) is 12.3 Å². The van der Waals surface area contributed by atoms with Crippen LogP contribution in [0.3, 0.4) is 0 Å². The van der Waals surface area contributed by atoms with E-state index in [9.17, 15) is 4.79 Å². The van der Waals surface area contributed by atoms with Crippen molar-refractivity contribution in [1.82, 2.24) is 15.0 Å². The van der Waals surface area contributed by atoms with Crippen LogP contribution in [0.25, 0.3) is 22.3 Å². The van der Waals surface area contributed by atoms with Crippen LogP contribution < -0.4 is 20.1 Å². The van der Waals surface area contributed by atoms with E-state index in [4.69, 9.17) is 52.1 Å². The smallest absolute Gasteiger partial charge is 0.165 e. The number of pyridine rings is 1. The second-order valence-corrected chi connectivity index (χ2v) is 10.5. The zero-order valence-electron chi connectivity index (χ0n) is 22.3. The number of ketones is 1. The summed E-state index contributed by atoms with van der Waals surface area (Å²) >= 11 is 13.4. The highest BCUT2D eigenvalue weighted by molar-refractivity contribution is 6.41. The lowest BCUT2D eigenvalue weighted by Crippen LogP contribution is -2.39. The summed E-state index contributed by atoms with van der Waals surface area (Å²) in [6, 6.07) is 3.51. The molecular formula is C28H31Cl2N5O5. The SMILES string of the molecule is C=CC(=O)C[C@H]1CCOC[C@H]1Nc1cc2c(NC3CCOC3)nc(-c3c(Cl)c(OC)cc(OC)c3Cl)nc2cn1. The molecule has 3 aromatic rings. The number of carbonyl (C=O) groups excluding carboxylic acids is 1. The van der Waals surface area contributed by atoms with Gasteiger partial charge in [0.25, 0.3) is 0 Å². The van der Waals surface area contributed by atoms with Crippen LogP contribution in [0.5, 0.6) is 11.5 Å². The summed E-state index contributed by atoms with van der Waals surface area (Å²) in [5.41, 5.74) is 0.979. The fourth-order valence-electron chi connectivity index (χ4n) is 4.97. The van der Waals surface area contributed by atoms with Gasteiger partial charge in [-0.3, -0.25) is 4.79 Å². The molecule has 4 heterocycles. The van der Waals surface area contributed by atoms with Gasteiger partial charge in [-0.1, -0.05) is 29.8 Å². The normalized spacial score (nSPS) is 20.8. The second kappa shape index (κ2) is 12.6. The van der Waals surface area contributed by atoms with Gasteiger partial charge in [-0.25, -0.2) is 15.0 Å². The molecule has 2 aliphatic rings. The van der Waals surface area contributed by atoms with Gasteiger partial charge in [0, 0.05) is 31.1 Å². The second-order valence-electron chi connectivity index (χ2n) is 9.72. The maximum absolute atomic E-state index is 12.1. The highest BCUT2D eigenvalue weighted by atomic mass is 35.5. The van der Waals surface area contributed by atoms with Gasteiger partial charge in [0.2, 0.25) is 0 Å². The molecule has 0 saturated carbocycles. The van der Waals surface area contributed by atoms with Crippen LogP contribution in [0.4, 0.5) is 11.6 Å². The van der Waals surface area contributed by atoms with Crippen molar-refractivity contribution < 1.29 is 23.7 Å². The summed E-state index contributed by atoms with van der Waals surface area (Å²) < 4.78 is 22.2. The largest absolute Gasteiger partial charge is 0.495 e. The number of methoxy groups -OCH3 is 2. The Kier molecular flexibility index (Phi) is 8.90. The summed E-state index contributed by atoms with van der Waals surface area (Å²) in [4.78, 5) is 26.3. The van der Waals surface area contributed by atoms with Crippen molar-refractivity contribution in [3.8, 4) is 22.9 Å². The number of allylic oxidation sites excluding steroid dienone is 1. The summed E-state index contributed by atoms with van der Waals surface area (Å²) in [6.07, 6.45) is 5.06. The molecule has 0 spiro atoms. The van der Waals surface area contributed by atoms with Gasteiger partial charge in [0.05, 0.1) is 66.8 Å². The Morgan fingerprint density at radius 1 is 1.07 bits per heavy atom. The first-order valence-corrected chi connectivity index (χ1v) is 13.8. The average Bonchev–Trinajstić information content (AvgIpc) is 3.47. The molecule has 2 aliphatic heterocycles. The van der Waals surface area contributed by atoms with E-state index < -0.39 is 0 Å². The quantitative estimate of drug-likeness (QED) is 0.307. The Balaban J connectivity index is 1.56. The van der Waals surface area contributed by atoms with Gasteiger partial charge >= 0.3 is 0 Å². The summed E-state index contributed by atoms with van der Waals surface area (Å²) in [7, 11) is 3.03. The highest BCUT2D eigenvalue weighted by Gasteiger charge is 2.28. The van der Waals surface area contributed by atoms with Crippen molar-refractivity contribution >= 4 is 51.5 Å². The molecule has 12 heteroatoms. The third-order valence-electron chi connectivity index (χ3n) is 7.17. The molecule has 10 nitrogen and oxygen atoms in total. The molecule has 1 aromatic carbocycles. The predicted octanol–water partition coefficient (Wildman–Crippen LogP) is 5.18. The maximum Gasteiger partial charge on any atom is 0.165 e. The van der Waals surface area contributed by atoms with Gasteiger partial charge in [-0.2, -0.15) is 0 Å². The number of nitrogens with zero attached hydrogens (tertiary/aromatic N) is 3. The minimum atomic E-state index is -0.0794. The van der Waals surface area contributed by atoms with E-state index in [-0.39, 0.29) is 33.8 Å². The lowest BCUT2D eigenvalue weighted by atomic mass is 9.89. The number of hydrogen-bond donors (Lipinski definition) is 2. The number of hydrogen-bond acceptors (Lipinski definition) is 10. The molecule has 1 unspecified atom stereocenters. The molecule has 5 rings (SSSR count). The number of fused-ring (bicyclic) bond motifs is 1. The van der Waals surface area contributed by atoms with Gasteiger partial charge in [0.1, 0.15) is 23.1 Å². The van der Waals surface area contributed by atoms with Gasteiger partial charge in [-0.05, 0) is 30.9 Å². The number of halogens is 2. The number of aromatic nitrogens is 3. The molecule has 2 fully saturated rings. The van der Waals surface area contributed by atoms with Crippen molar-refractivity contribution in [3.63, 3.8) is 0 Å². The van der Waals surface area contributed by atoms with Crippen molar-refractivity contribution in [1.29, 1.82) is 0 Å². The molecule has 0 aliphatic carbocycles. The number of nitrogens with one attached hydrogen (secondary N) is 2.